The van der Waals surface area contributed by atoms with E-state index in [0.717, 1.165) is 11.3 Å². The second kappa shape index (κ2) is 8.82. The van der Waals surface area contributed by atoms with Crippen molar-refractivity contribution in [1.82, 2.24) is 10.0 Å². The van der Waals surface area contributed by atoms with Gasteiger partial charge in [0.1, 0.15) is 5.75 Å². The van der Waals surface area contributed by atoms with Crippen molar-refractivity contribution in [2.45, 2.75) is 31.2 Å². The van der Waals surface area contributed by atoms with Crippen molar-refractivity contribution in [3.63, 3.8) is 0 Å². The lowest BCUT2D eigenvalue weighted by molar-refractivity contribution is 0.0943. The summed E-state index contributed by atoms with van der Waals surface area (Å²) < 4.78 is 32.4. The van der Waals surface area contributed by atoms with Crippen LogP contribution >= 0.6 is 0 Å². The predicted molar refractivity (Wildman–Crippen MR) is 101 cm³/mol. The molecule has 0 saturated carbocycles. The third-order valence-corrected chi connectivity index (χ3v) is 5.19. The van der Waals surface area contributed by atoms with Gasteiger partial charge in [-0.1, -0.05) is 12.1 Å². The van der Waals surface area contributed by atoms with Crippen molar-refractivity contribution in [2.24, 2.45) is 0 Å². The highest BCUT2D eigenvalue weighted by molar-refractivity contribution is 7.89. The minimum atomic E-state index is -3.62. The molecule has 0 aliphatic heterocycles. The average molecular weight is 376 g/mol. The van der Waals surface area contributed by atoms with Crippen LogP contribution in [0.4, 0.5) is 0 Å². The van der Waals surface area contributed by atoms with E-state index in [1.165, 1.54) is 24.3 Å². The van der Waals surface area contributed by atoms with Gasteiger partial charge in [-0.05, 0) is 62.2 Å². The molecular weight excluding hydrogens is 352 g/mol. The molecule has 0 unspecified atom stereocenters. The lowest BCUT2D eigenvalue weighted by Crippen LogP contribution is -2.30. The van der Waals surface area contributed by atoms with Gasteiger partial charge in [-0.2, -0.15) is 0 Å². The maximum absolute atomic E-state index is 12.4. The first-order valence-corrected chi connectivity index (χ1v) is 9.83. The summed E-state index contributed by atoms with van der Waals surface area (Å²) in [5.74, 6) is 0.535. The van der Waals surface area contributed by atoms with Gasteiger partial charge in [0.05, 0.1) is 12.0 Å². The second-order valence-electron chi connectivity index (χ2n) is 6.15. The molecule has 0 radical (unpaired) electrons. The van der Waals surface area contributed by atoms with Crippen molar-refractivity contribution < 1.29 is 17.9 Å². The van der Waals surface area contributed by atoms with Gasteiger partial charge in [0.15, 0.2) is 0 Å². The molecule has 0 saturated heterocycles. The first kappa shape index (κ1) is 19.9. The Labute approximate surface area is 154 Å². The van der Waals surface area contributed by atoms with Crippen LogP contribution in [0.15, 0.2) is 53.4 Å². The molecule has 7 heteroatoms. The van der Waals surface area contributed by atoms with Crippen molar-refractivity contribution in [3.8, 4) is 5.75 Å². The lowest BCUT2D eigenvalue weighted by Gasteiger charge is -2.10. The molecule has 0 atom stereocenters. The van der Waals surface area contributed by atoms with E-state index in [9.17, 15) is 13.2 Å². The van der Waals surface area contributed by atoms with Gasteiger partial charge in [-0.25, -0.2) is 13.1 Å². The smallest absolute Gasteiger partial charge is 0.251 e. The standard InChI is InChI=1S/C19H24N2O4S/c1-14(2)21-19(22)16-6-10-18(11-7-16)26(23,24)20-13-12-15-4-8-17(25-3)9-5-15/h4-11,14,20H,12-13H2,1-3H3,(H,21,22). The highest BCUT2D eigenvalue weighted by atomic mass is 32.2. The first-order chi connectivity index (χ1) is 12.3. The molecule has 6 nitrogen and oxygen atoms in total. The monoisotopic (exact) mass is 376 g/mol. The minimum Gasteiger partial charge on any atom is -0.497 e. The Morgan fingerprint density at radius 1 is 1.04 bits per heavy atom. The largest absolute Gasteiger partial charge is 0.497 e. The van der Waals surface area contributed by atoms with Crippen LogP contribution in [0.3, 0.4) is 0 Å². The third kappa shape index (κ3) is 5.57. The molecule has 2 aromatic carbocycles. The Hall–Kier alpha value is -2.38. The number of ether oxygens (including phenoxy) is 1. The van der Waals surface area contributed by atoms with Crippen LogP contribution in [0.1, 0.15) is 29.8 Å². The molecule has 0 fully saturated rings. The summed E-state index contributed by atoms with van der Waals surface area (Å²) >= 11 is 0. The molecule has 26 heavy (non-hydrogen) atoms. The van der Waals surface area contributed by atoms with E-state index in [2.05, 4.69) is 10.0 Å². The van der Waals surface area contributed by atoms with E-state index in [4.69, 9.17) is 4.74 Å². The summed E-state index contributed by atoms with van der Waals surface area (Å²) in [7, 11) is -2.02. The molecule has 0 spiro atoms. The van der Waals surface area contributed by atoms with E-state index in [1.54, 1.807) is 7.11 Å². The van der Waals surface area contributed by atoms with E-state index in [0.29, 0.717) is 12.0 Å². The van der Waals surface area contributed by atoms with Crippen molar-refractivity contribution in [3.05, 3.63) is 59.7 Å². The number of methoxy groups -OCH3 is 1. The summed E-state index contributed by atoms with van der Waals surface area (Å²) in [5, 5.41) is 2.76. The van der Waals surface area contributed by atoms with Gasteiger partial charge in [-0.3, -0.25) is 4.79 Å². The average Bonchev–Trinajstić information content (AvgIpc) is 2.61. The number of sulfonamides is 1. The molecule has 0 aliphatic carbocycles. The fourth-order valence-electron chi connectivity index (χ4n) is 2.34. The maximum atomic E-state index is 12.4. The van der Waals surface area contributed by atoms with Crippen LogP contribution < -0.4 is 14.8 Å². The number of amides is 1. The Bertz CT molecular complexity index is 829. The fraction of sp³-hybridized carbons (Fsp3) is 0.316. The van der Waals surface area contributed by atoms with Gasteiger partial charge in [0, 0.05) is 18.2 Å². The summed E-state index contributed by atoms with van der Waals surface area (Å²) in [5.41, 5.74) is 1.44. The molecule has 0 aromatic heterocycles. The molecular formula is C19H24N2O4S. The zero-order valence-corrected chi connectivity index (χ0v) is 16.0. The van der Waals surface area contributed by atoms with Crippen molar-refractivity contribution >= 4 is 15.9 Å². The molecule has 2 N–H and O–H groups in total. The number of carbonyl (C=O) groups is 1. The number of carbonyl (C=O) groups excluding carboxylic acids is 1. The Balaban J connectivity index is 1.95. The number of hydrogen-bond donors (Lipinski definition) is 2. The molecule has 0 aliphatic rings. The number of rotatable bonds is 8. The van der Waals surface area contributed by atoms with E-state index in [1.807, 2.05) is 38.1 Å². The van der Waals surface area contributed by atoms with Crippen LogP contribution in [-0.2, 0) is 16.4 Å². The summed E-state index contributed by atoms with van der Waals surface area (Å²) in [4.78, 5) is 12.0. The van der Waals surface area contributed by atoms with Gasteiger partial charge in [0.25, 0.3) is 5.91 Å². The minimum absolute atomic E-state index is 0.0190. The Morgan fingerprint density at radius 2 is 1.65 bits per heavy atom. The van der Waals surface area contributed by atoms with Crippen LogP contribution in [0, 0.1) is 0 Å². The molecule has 2 rings (SSSR count). The number of hydrogen-bond acceptors (Lipinski definition) is 4. The summed E-state index contributed by atoms with van der Waals surface area (Å²) in [6.45, 7) is 4.01. The van der Waals surface area contributed by atoms with Gasteiger partial charge < -0.3 is 10.1 Å². The molecule has 1 amide bonds. The maximum Gasteiger partial charge on any atom is 0.251 e. The molecule has 0 bridgehead atoms. The topological polar surface area (TPSA) is 84.5 Å². The fourth-order valence-corrected chi connectivity index (χ4v) is 3.37. The highest BCUT2D eigenvalue weighted by Crippen LogP contribution is 2.13. The molecule has 2 aromatic rings. The van der Waals surface area contributed by atoms with Crippen LogP contribution in [0.25, 0.3) is 0 Å². The molecule has 0 heterocycles. The Morgan fingerprint density at radius 3 is 2.19 bits per heavy atom. The highest BCUT2D eigenvalue weighted by Gasteiger charge is 2.14. The zero-order valence-electron chi connectivity index (χ0n) is 15.2. The summed E-state index contributed by atoms with van der Waals surface area (Å²) in [6, 6.07) is 13.4. The first-order valence-electron chi connectivity index (χ1n) is 8.35. The van der Waals surface area contributed by atoms with Gasteiger partial charge in [-0.15, -0.1) is 0 Å². The van der Waals surface area contributed by atoms with Gasteiger partial charge in [0.2, 0.25) is 10.0 Å². The van der Waals surface area contributed by atoms with E-state index >= 15 is 0 Å². The van der Waals surface area contributed by atoms with E-state index in [-0.39, 0.29) is 23.4 Å². The van der Waals surface area contributed by atoms with Crippen LogP contribution in [-0.4, -0.2) is 34.0 Å². The number of nitrogens with one attached hydrogen (secondary N) is 2. The normalized spacial score (nSPS) is 11.4. The Kier molecular flexibility index (Phi) is 6.76. The summed E-state index contributed by atoms with van der Waals surface area (Å²) in [6.07, 6.45) is 0.568. The van der Waals surface area contributed by atoms with E-state index < -0.39 is 10.0 Å². The van der Waals surface area contributed by atoms with Gasteiger partial charge >= 0.3 is 0 Å². The van der Waals surface area contributed by atoms with Crippen LogP contribution in [0.2, 0.25) is 0 Å². The molecule has 140 valence electrons. The van der Waals surface area contributed by atoms with Crippen molar-refractivity contribution in [2.75, 3.05) is 13.7 Å². The third-order valence-electron chi connectivity index (χ3n) is 3.71. The zero-order chi connectivity index (χ0) is 19.2. The second-order valence-corrected chi connectivity index (χ2v) is 7.92. The van der Waals surface area contributed by atoms with Crippen molar-refractivity contribution in [1.29, 1.82) is 0 Å². The lowest BCUT2D eigenvalue weighted by atomic mass is 10.1. The predicted octanol–water partition coefficient (Wildman–Crippen LogP) is 2.35. The van der Waals surface area contributed by atoms with Crippen LogP contribution in [0.5, 0.6) is 5.75 Å². The quantitative estimate of drug-likeness (QED) is 0.741. The number of benzene rings is 2. The SMILES string of the molecule is COc1ccc(CCNS(=O)(=O)c2ccc(C(=O)NC(C)C)cc2)cc1.